The van der Waals surface area contributed by atoms with Crippen molar-refractivity contribution in [3.05, 3.63) is 102 Å². The van der Waals surface area contributed by atoms with Crippen LogP contribution in [0.4, 0.5) is 5.82 Å². The zero-order valence-corrected chi connectivity index (χ0v) is 18.3. The van der Waals surface area contributed by atoms with Crippen LogP contribution in [-0.2, 0) is 6.54 Å². The Hall–Kier alpha value is -3.83. The Morgan fingerprint density at radius 1 is 0.938 bits per heavy atom. The van der Waals surface area contributed by atoms with Gasteiger partial charge in [0.05, 0.1) is 12.5 Å². The van der Waals surface area contributed by atoms with Gasteiger partial charge >= 0.3 is 0 Å². The SMILES string of the molecule is COc1ccc(CNc2ncnc3c2c(-c2ccccc2)cn3-c2cccc(Cl)c2)cc1. The van der Waals surface area contributed by atoms with E-state index in [0.717, 1.165) is 45.0 Å². The normalized spacial score (nSPS) is 10.9. The van der Waals surface area contributed by atoms with Gasteiger partial charge in [-0.2, -0.15) is 0 Å². The van der Waals surface area contributed by atoms with Crippen LogP contribution in [0.3, 0.4) is 0 Å². The lowest BCUT2D eigenvalue weighted by Gasteiger charge is -2.10. The van der Waals surface area contributed by atoms with E-state index in [1.54, 1.807) is 13.4 Å². The highest BCUT2D eigenvalue weighted by molar-refractivity contribution is 6.30. The molecule has 0 fully saturated rings. The number of nitrogens with zero attached hydrogens (tertiary/aromatic N) is 3. The Kier molecular flexibility index (Phi) is 5.48. The highest BCUT2D eigenvalue weighted by Crippen LogP contribution is 2.35. The molecular weight excluding hydrogens is 420 g/mol. The summed E-state index contributed by atoms with van der Waals surface area (Å²) >= 11 is 6.27. The van der Waals surface area contributed by atoms with Gasteiger partial charge in [0.1, 0.15) is 17.9 Å². The molecule has 0 unspecified atom stereocenters. The number of hydrogen-bond donors (Lipinski definition) is 1. The fraction of sp³-hybridized carbons (Fsp3) is 0.0769. The molecule has 0 aliphatic carbocycles. The summed E-state index contributed by atoms with van der Waals surface area (Å²) in [6.07, 6.45) is 3.69. The summed E-state index contributed by atoms with van der Waals surface area (Å²) in [7, 11) is 1.67. The smallest absolute Gasteiger partial charge is 0.150 e. The molecule has 0 atom stereocenters. The predicted octanol–water partition coefficient (Wildman–Crippen LogP) is 6.36. The summed E-state index contributed by atoms with van der Waals surface area (Å²) in [5.74, 6) is 1.62. The summed E-state index contributed by atoms with van der Waals surface area (Å²) in [5.41, 5.74) is 5.05. The second-order valence-electron chi connectivity index (χ2n) is 7.38. The van der Waals surface area contributed by atoms with Gasteiger partial charge in [-0.1, -0.05) is 60.1 Å². The van der Waals surface area contributed by atoms with Crippen molar-refractivity contribution in [1.82, 2.24) is 14.5 Å². The molecule has 0 spiro atoms. The van der Waals surface area contributed by atoms with Crippen LogP contribution < -0.4 is 10.1 Å². The van der Waals surface area contributed by atoms with E-state index in [2.05, 4.69) is 38.2 Å². The lowest BCUT2D eigenvalue weighted by atomic mass is 10.1. The van der Waals surface area contributed by atoms with Gasteiger partial charge in [0.15, 0.2) is 5.65 Å². The summed E-state index contributed by atoms with van der Waals surface area (Å²) < 4.78 is 7.31. The summed E-state index contributed by atoms with van der Waals surface area (Å²) in [6, 6.07) is 26.0. The van der Waals surface area contributed by atoms with Crippen molar-refractivity contribution in [3.63, 3.8) is 0 Å². The highest BCUT2D eigenvalue weighted by atomic mass is 35.5. The molecule has 1 N–H and O–H groups in total. The van der Waals surface area contributed by atoms with E-state index < -0.39 is 0 Å². The Morgan fingerprint density at radius 3 is 2.50 bits per heavy atom. The van der Waals surface area contributed by atoms with Crippen molar-refractivity contribution >= 4 is 28.5 Å². The lowest BCUT2D eigenvalue weighted by molar-refractivity contribution is 0.414. The van der Waals surface area contributed by atoms with Crippen LogP contribution in [0.25, 0.3) is 27.8 Å². The molecule has 0 aliphatic rings. The van der Waals surface area contributed by atoms with Crippen molar-refractivity contribution in [2.45, 2.75) is 6.54 Å². The van der Waals surface area contributed by atoms with E-state index in [1.807, 2.05) is 66.7 Å². The molecular formula is C26H21ClN4O. The highest BCUT2D eigenvalue weighted by Gasteiger charge is 2.17. The van der Waals surface area contributed by atoms with Gasteiger partial charge < -0.3 is 14.6 Å². The van der Waals surface area contributed by atoms with Crippen molar-refractivity contribution < 1.29 is 4.74 Å². The van der Waals surface area contributed by atoms with Gasteiger partial charge in [-0.3, -0.25) is 0 Å². The van der Waals surface area contributed by atoms with Crippen LogP contribution in [0.5, 0.6) is 5.75 Å². The maximum absolute atomic E-state index is 6.27. The topological polar surface area (TPSA) is 52.0 Å². The molecule has 158 valence electrons. The number of fused-ring (bicyclic) bond motifs is 1. The van der Waals surface area contributed by atoms with E-state index >= 15 is 0 Å². The lowest BCUT2D eigenvalue weighted by Crippen LogP contribution is -2.03. The van der Waals surface area contributed by atoms with Gasteiger partial charge in [-0.05, 0) is 41.5 Å². The number of nitrogens with one attached hydrogen (secondary N) is 1. The standard InChI is InChI=1S/C26H21ClN4O/c1-32-22-12-10-18(11-13-22)15-28-25-24-23(19-6-3-2-4-7-19)16-31(26(24)30-17-29-25)21-9-5-8-20(27)14-21/h2-14,16-17H,15H2,1H3,(H,28,29,30). The van der Waals surface area contributed by atoms with Gasteiger partial charge in [0.25, 0.3) is 0 Å². The molecule has 0 amide bonds. The van der Waals surface area contributed by atoms with E-state index in [0.29, 0.717) is 11.6 Å². The number of anilines is 1. The first-order chi connectivity index (χ1) is 15.7. The first-order valence-electron chi connectivity index (χ1n) is 10.3. The monoisotopic (exact) mass is 440 g/mol. The minimum Gasteiger partial charge on any atom is -0.497 e. The fourth-order valence-electron chi connectivity index (χ4n) is 3.78. The van der Waals surface area contributed by atoms with Crippen LogP contribution >= 0.6 is 11.6 Å². The Morgan fingerprint density at radius 2 is 1.75 bits per heavy atom. The zero-order valence-electron chi connectivity index (χ0n) is 17.5. The largest absolute Gasteiger partial charge is 0.497 e. The van der Waals surface area contributed by atoms with Crippen LogP contribution in [0.2, 0.25) is 5.02 Å². The van der Waals surface area contributed by atoms with Crippen LogP contribution in [0.15, 0.2) is 91.4 Å². The molecule has 2 aromatic heterocycles. The average Bonchev–Trinajstić information content (AvgIpc) is 3.24. The maximum atomic E-state index is 6.27. The number of methoxy groups -OCH3 is 1. The van der Waals surface area contributed by atoms with Gasteiger partial charge in [0.2, 0.25) is 0 Å². The minimum absolute atomic E-state index is 0.632. The van der Waals surface area contributed by atoms with Crippen LogP contribution in [0.1, 0.15) is 5.56 Å². The molecule has 6 heteroatoms. The van der Waals surface area contributed by atoms with Crippen LogP contribution in [0, 0.1) is 0 Å². The molecule has 5 aromatic rings. The van der Waals surface area contributed by atoms with Crippen molar-refractivity contribution in [1.29, 1.82) is 0 Å². The third kappa shape index (κ3) is 3.90. The fourth-order valence-corrected chi connectivity index (χ4v) is 3.97. The molecule has 0 radical (unpaired) electrons. The summed E-state index contributed by atoms with van der Waals surface area (Å²) in [6.45, 7) is 0.632. The minimum atomic E-state index is 0.632. The predicted molar refractivity (Wildman–Crippen MR) is 130 cm³/mol. The van der Waals surface area contributed by atoms with E-state index in [1.165, 1.54) is 0 Å². The third-order valence-electron chi connectivity index (χ3n) is 5.37. The Bertz CT molecular complexity index is 1360. The number of benzene rings is 3. The van der Waals surface area contributed by atoms with E-state index in [4.69, 9.17) is 16.3 Å². The van der Waals surface area contributed by atoms with Crippen molar-refractivity contribution in [2.24, 2.45) is 0 Å². The molecule has 0 saturated heterocycles. The quantitative estimate of drug-likeness (QED) is 0.333. The number of aromatic nitrogens is 3. The first-order valence-corrected chi connectivity index (χ1v) is 10.6. The van der Waals surface area contributed by atoms with Crippen LogP contribution in [-0.4, -0.2) is 21.6 Å². The molecule has 5 rings (SSSR count). The number of halogens is 1. The molecule has 0 saturated carbocycles. The first kappa shape index (κ1) is 20.1. The molecule has 0 bridgehead atoms. The van der Waals surface area contributed by atoms with E-state index in [9.17, 15) is 0 Å². The van der Waals surface area contributed by atoms with Gasteiger partial charge in [-0.15, -0.1) is 0 Å². The van der Waals surface area contributed by atoms with Gasteiger partial charge in [-0.25, -0.2) is 9.97 Å². The molecule has 0 aliphatic heterocycles. The molecule has 32 heavy (non-hydrogen) atoms. The summed E-state index contributed by atoms with van der Waals surface area (Å²) in [5, 5.41) is 5.14. The number of hydrogen-bond acceptors (Lipinski definition) is 4. The average molecular weight is 441 g/mol. The Balaban J connectivity index is 1.61. The zero-order chi connectivity index (χ0) is 21.9. The third-order valence-corrected chi connectivity index (χ3v) is 5.61. The van der Waals surface area contributed by atoms with Gasteiger partial charge in [0, 0.05) is 29.0 Å². The van der Waals surface area contributed by atoms with Crippen molar-refractivity contribution in [3.8, 4) is 22.6 Å². The second-order valence-corrected chi connectivity index (χ2v) is 7.82. The molecule has 5 nitrogen and oxygen atoms in total. The Labute approximate surface area is 191 Å². The second kappa shape index (κ2) is 8.73. The summed E-state index contributed by atoms with van der Waals surface area (Å²) in [4.78, 5) is 9.20. The number of ether oxygens (including phenoxy) is 1. The van der Waals surface area contributed by atoms with Crippen molar-refractivity contribution in [2.75, 3.05) is 12.4 Å². The molecule has 3 aromatic carbocycles. The maximum Gasteiger partial charge on any atom is 0.150 e. The molecule has 2 heterocycles. The number of rotatable bonds is 6. The van der Waals surface area contributed by atoms with E-state index in [-0.39, 0.29) is 0 Å².